The van der Waals surface area contributed by atoms with Crippen molar-refractivity contribution < 1.29 is 4.48 Å². The first-order valence-electron chi connectivity index (χ1n) is 3.62. The van der Waals surface area contributed by atoms with Gasteiger partial charge in [-0.3, -0.25) is 4.98 Å². The molecule has 0 amide bonds. The molecular weight excluding hydrogens is 181 g/mol. The molecule has 0 aromatic carbocycles. The van der Waals surface area contributed by atoms with E-state index in [-0.39, 0.29) is 0 Å². The largest absolute Gasteiger partial charge is 0.365 e. The summed E-state index contributed by atoms with van der Waals surface area (Å²) < 4.78 is 12.7. The predicted molar refractivity (Wildman–Crippen MR) is 44.4 cm³/mol. The number of rotatable bonds is 0. The lowest BCUT2D eigenvalue weighted by atomic mass is 10.9. The zero-order valence-corrected chi connectivity index (χ0v) is 7.50. The Kier molecular flexibility index (Phi) is 3.83. The third kappa shape index (κ3) is 2.14. The monoisotopic (exact) mass is 191 g/mol. The standard InChI is InChI=1S/C4H4FN3O3.C2H6/c1-7-2(9)6-3(10)8(5)4(7)11;1-2/h1H3,(H,6,9,10);1-2H3. The van der Waals surface area contributed by atoms with Crippen LogP contribution in [0.3, 0.4) is 0 Å². The minimum absolute atomic E-state index is 0.446. The molecule has 0 saturated heterocycles. The van der Waals surface area contributed by atoms with Crippen LogP contribution in [0, 0.1) is 0 Å². The Hall–Kier alpha value is -1.66. The van der Waals surface area contributed by atoms with E-state index in [1.54, 1.807) is 4.98 Å². The van der Waals surface area contributed by atoms with Gasteiger partial charge >= 0.3 is 17.1 Å². The summed E-state index contributed by atoms with van der Waals surface area (Å²) in [7, 11) is 1.05. The van der Waals surface area contributed by atoms with E-state index >= 15 is 0 Å². The zero-order chi connectivity index (χ0) is 10.6. The molecule has 1 aromatic heterocycles. The van der Waals surface area contributed by atoms with Gasteiger partial charge in [0.1, 0.15) is 0 Å². The van der Waals surface area contributed by atoms with Crippen molar-refractivity contribution in [2.45, 2.75) is 13.8 Å². The van der Waals surface area contributed by atoms with Crippen molar-refractivity contribution >= 4 is 0 Å². The number of aromatic amines is 1. The normalized spacial score (nSPS) is 8.92. The summed E-state index contributed by atoms with van der Waals surface area (Å²) in [6.07, 6.45) is 0. The quantitative estimate of drug-likeness (QED) is 0.571. The van der Waals surface area contributed by atoms with Crippen molar-refractivity contribution in [3.8, 4) is 0 Å². The fourth-order valence-corrected chi connectivity index (χ4v) is 0.530. The van der Waals surface area contributed by atoms with Crippen molar-refractivity contribution in [3.63, 3.8) is 0 Å². The molecule has 74 valence electrons. The Bertz CT molecular complexity index is 404. The average molecular weight is 191 g/mol. The van der Waals surface area contributed by atoms with E-state index in [1.165, 1.54) is 0 Å². The Morgan fingerprint density at radius 3 is 2.08 bits per heavy atom. The van der Waals surface area contributed by atoms with E-state index in [1.807, 2.05) is 13.8 Å². The highest BCUT2D eigenvalue weighted by Gasteiger charge is 2.03. The molecule has 0 unspecified atom stereocenters. The first-order valence-corrected chi connectivity index (χ1v) is 3.62. The Morgan fingerprint density at radius 1 is 1.15 bits per heavy atom. The minimum atomic E-state index is -1.36. The highest BCUT2D eigenvalue weighted by molar-refractivity contribution is 4.68. The van der Waals surface area contributed by atoms with E-state index in [9.17, 15) is 18.9 Å². The summed E-state index contributed by atoms with van der Waals surface area (Å²) in [6, 6.07) is 0. The molecule has 1 N–H and O–H groups in total. The Labute approximate surface area is 72.2 Å². The van der Waals surface area contributed by atoms with Crippen LogP contribution in [0.25, 0.3) is 0 Å². The molecule has 0 aliphatic rings. The summed E-state index contributed by atoms with van der Waals surface area (Å²) in [5, 5.41) is 0. The van der Waals surface area contributed by atoms with E-state index in [2.05, 4.69) is 0 Å². The molecule has 0 saturated carbocycles. The third-order valence-electron chi connectivity index (χ3n) is 1.15. The van der Waals surface area contributed by atoms with E-state index < -0.39 is 21.9 Å². The van der Waals surface area contributed by atoms with Gasteiger partial charge in [0.05, 0.1) is 0 Å². The van der Waals surface area contributed by atoms with Gasteiger partial charge in [-0.15, -0.1) is 0 Å². The molecule has 0 bridgehead atoms. The van der Waals surface area contributed by atoms with Gasteiger partial charge in [-0.2, -0.15) is 0 Å². The van der Waals surface area contributed by atoms with E-state index in [0.717, 1.165) is 7.05 Å². The molecule has 1 heterocycles. The third-order valence-corrected chi connectivity index (χ3v) is 1.15. The van der Waals surface area contributed by atoms with Crippen LogP contribution in [0.2, 0.25) is 0 Å². The number of nitrogens with zero attached hydrogens (tertiary/aromatic N) is 2. The molecule has 7 heteroatoms. The topological polar surface area (TPSA) is 76.9 Å². The molecule has 0 radical (unpaired) electrons. The van der Waals surface area contributed by atoms with Crippen LogP contribution in [0.15, 0.2) is 14.4 Å². The molecule has 13 heavy (non-hydrogen) atoms. The van der Waals surface area contributed by atoms with Crippen LogP contribution < -0.4 is 17.1 Å². The van der Waals surface area contributed by atoms with Gasteiger partial charge in [0, 0.05) is 7.05 Å². The number of hydrogen-bond donors (Lipinski definition) is 1. The summed E-state index contributed by atoms with van der Waals surface area (Å²) in [5.41, 5.74) is -3.59. The van der Waals surface area contributed by atoms with Crippen LogP contribution in [0.4, 0.5) is 4.48 Å². The highest BCUT2D eigenvalue weighted by Crippen LogP contribution is 1.58. The lowest BCUT2D eigenvalue weighted by Gasteiger charge is -1.93. The van der Waals surface area contributed by atoms with Crippen molar-refractivity contribution in [2.75, 3.05) is 0 Å². The first-order chi connectivity index (χ1) is 6.04. The average Bonchev–Trinajstić information content (AvgIpc) is 2.15. The maximum Gasteiger partial charge on any atom is 0.365 e. The molecule has 0 fully saturated rings. The lowest BCUT2D eigenvalue weighted by Crippen LogP contribution is -2.45. The Morgan fingerprint density at radius 2 is 1.62 bits per heavy atom. The molecule has 0 spiro atoms. The van der Waals surface area contributed by atoms with Gasteiger partial charge in [-0.05, 0) is 0 Å². The maximum absolute atomic E-state index is 12.3. The number of H-pyrrole nitrogens is 1. The predicted octanol–water partition coefficient (Wildman–Crippen LogP) is -1.01. The molecule has 1 aromatic rings. The maximum atomic E-state index is 12.3. The van der Waals surface area contributed by atoms with Crippen LogP contribution in [-0.2, 0) is 7.05 Å². The van der Waals surface area contributed by atoms with Gasteiger partial charge < -0.3 is 0 Å². The molecule has 1 rings (SSSR count). The smallest absolute Gasteiger partial charge is 0.257 e. The van der Waals surface area contributed by atoms with E-state index in [0.29, 0.717) is 4.57 Å². The minimum Gasteiger partial charge on any atom is -0.257 e. The van der Waals surface area contributed by atoms with E-state index in [4.69, 9.17) is 0 Å². The van der Waals surface area contributed by atoms with Crippen molar-refractivity contribution in [1.29, 1.82) is 0 Å². The first kappa shape index (κ1) is 11.3. The zero-order valence-electron chi connectivity index (χ0n) is 7.50. The molecule has 0 aliphatic carbocycles. The van der Waals surface area contributed by atoms with Crippen molar-refractivity contribution in [3.05, 3.63) is 31.5 Å². The van der Waals surface area contributed by atoms with Crippen molar-refractivity contribution in [2.24, 2.45) is 7.05 Å². The summed E-state index contributed by atoms with van der Waals surface area (Å²) in [6.45, 7) is 4.00. The fourth-order valence-electron chi connectivity index (χ4n) is 0.530. The van der Waals surface area contributed by atoms with Gasteiger partial charge in [0.15, 0.2) is 0 Å². The number of nitrogens with one attached hydrogen (secondary N) is 1. The molecule has 0 aliphatic heterocycles. The summed E-state index contributed by atoms with van der Waals surface area (Å²) >= 11 is 0. The van der Waals surface area contributed by atoms with Crippen molar-refractivity contribution in [1.82, 2.24) is 14.3 Å². The molecule has 0 atom stereocenters. The summed E-state index contributed by atoms with van der Waals surface area (Å²) in [5.74, 6) is 0. The van der Waals surface area contributed by atoms with Gasteiger partial charge in [0.2, 0.25) is 0 Å². The molecule has 6 nitrogen and oxygen atoms in total. The van der Waals surface area contributed by atoms with Gasteiger partial charge in [-0.25, -0.2) is 19.0 Å². The fraction of sp³-hybridized carbons (Fsp3) is 0.500. The highest BCUT2D eigenvalue weighted by atomic mass is 19.2. The summed E-state index contributed by atoms with van der Waals surface area (Å²) in [4.78, 5) is 32.3. The van der Waals surface area contributed by atoms with Crippen LogP contribution >= 0.6 is 0 Å². The van der Waals surface area contributed by atoms with Crippen LogP contribution in [0.5, 0.6) is 0 Å². The second kappa shape index (κ2) is 4.39. The van der Waals surface area contributed by atoms with Crippen LogP contribution in [-0.4, -0.2) is 14.3 Å². The van der Waals surface area contributed by atoms with Gasteiger partial charge in [0.25, 0.3) is 0 Å². The number of aromatic nitrogens is 3. The van der Waals surface area contributed by atoms with Crippen LogP contribution in [0.1, 0.15) is 13.8 Å². The SMILES string of the molecule is CC.Cn1c(=O)[nH]c(=O)n(F)c1=O. The Balaban J connectivity index is 0.000000671. The number of halogens is 1. The second-order valence-corrected chi connectivity index (χ2v) is 1.86. The number of hydrogen-bond acceptors (Lipinski definition) is 3. The lowest BCUT2D eigenvalue weighted by molar-refractivity contribution is 0.307. The molecular formula is C6H10FN3O3. The van der Waals surface area contributed by atoms with Gasteiger partial charge in [-0.1, -0.05) is 23.1 Å². The second-order valence-electron chi connectivity index (χ2n) is 1.86.